The number of rotatable bonds is 25. The molecule has 4 saturated heterocycles. The Hall–Kier alpha value is -7.39. The molecular weight excluding hydrogens is 1300 g/mol. The molecule has 99 heavy (non-hydrogen) atoms. The fraction of sp³-hybridized carbons (Fsp3) is 0.500. The minimum Gasteiger partial charge on any atom is -0.382 e. The van der Waals surface area contributed by atoms with Crippen LogP contribution < -0.4 is 5.32 Å². The van der Waals surface area contributed by atoms with Gasteiger partial charge in [-0.05, 0) is 81.5 Å². The third-order valence-corrected chi connectivity index (χ3v) is 18.4. The Balaban J connectivity index is 0.000000154. The first kappa shape index (κ1) is 75.8. The van der Waals surface area contributed by atoms with Gasteiger partial charge in [0.15, 0.2) is 0 Å². The summed E-state index contributed by atoms with van der Waals surface area (Å²) in [4.78, 5) is 17.2. The minimum absolute atomic E-state index is 0.0201. The summed E-state index contributed by atoms with van der Waals surface area (Å²) in [7, 11) is 0. The van der Waals surface area contributed by atoms with Gasteiger partial charge < -0.3 is 45.2 Å². The van der Waals surface area contributed by atoms with E-state index < -0.39 is 68.9 Å². The first-order chi connectivity index (χ1) is 47.6. The van der Waals surface area contributed by atoms with E-state index in [1.165, 1.54) is 73.0 Å². The van der Waals surface area contributed by atoms with Crippen molar-refractivity contribution in [3.63, 3.8) is 0 Å². The van der Waals surface area contributed by atoms with Crippen molar-refractivity contribution in [2.24, 2.45) is 0 Å². The van der Waals surface area contributed by atoms with Crippen molar-refractivity contribution in [2.75, 3.05) is 144 Å². The number of piperazine rings is 2. The smallest absolute Gasteiger partial charge is 0.137 e. The Bertz CT molecular complexity index is 3540. The van der Waals surface area contributed by atoms with Gasteiger partial charge in [0.1, 0.15) is 81.6 Å². The highest BCUT2D eigenvalue weighted by Crippen LogP contribution is 2.32. The summed E-state index contributed by atoms with van der Waals surface area (Å²) in [6.07, 6.45) is 16.5. The van der Waals surface area contributed by atoms with Crippen LogP contribution in [0.5, 0.6) is 0 Å². The Labute approximate surface area is 572 Å². The van der Waals surface area contributed by atoms with Crippen molar-refractivity contribution < 1.29 is 60.3 Å². The number of morpholine rings is 1. The van der Waals surface area contributed by atoms with E-state index in [-0.39, 0.29) is 74.6 Å². The van der Waals surface area contributed by atoms with Crippen LogP contribution in [0.4, 0.5) is 35.1 Å². The normalized spacial score (nSPS) is 18.7. The Kier molecular flexibility index (Phi) is 27.8. The fourth-order valence-corrected chi connectivity index (χ4v) is 13.0. The summed E-state index contributed by atoms with van der Waals surface area (Å²) in [5.74, 6) is -5.65. The van der Waals surface area contributed by atoms with Crippen molar-refractivity contribution >= 4 is 0 Å². The quantitative estimate of drug-likeness (QED) is 0.0316. The number of likely N-dealkylation sites (tertiary alicyclic amines) is 1. The number of likely N-dealkylation sites (N-methyl/N-ethyl adjacent to an activating group) is 2. The van der Waals surface area contributed by atoms with Crippen LogP contribution in [0, 0.1) is 46.5 Å². The van der Waals surface area contributed by atoms with Gasteiger partial charge in [0.25, 0.3) is 0 Å². The van der Waals surface area contributed by atoms with E-state index >= 15 is 0 Å². The summed E-state index contributed by atoms with van der Waals surface area (Å²) in [6.45, 7) is 20.5. The maximum absolute atomic E-state index is 14.4. The zero-order chi connectivity index (χ0) is 70.4. The lowest BCUT2D eigenvalue weighted by Crippen LogP contribution is -2.52. The molecule has 4 aliphatic rings. The molecule has 4 aromatic heterocycles. The van der Waals surface area contributed by atoms with Crippen molar-refractivity contribution in [3.05, 3.63) is 210 Å². The molecule has 0 radical (unpaired) electrons. The summed E-state index contributed by atoms with van der Waals surface area (Å²) in [5, 5.41) is 64.5. The van der Waals surface area contributed by atoms with E-state index in [1.807, 2.05) is 4.90 Å². The zero-order valence-corrected chi connectivity index (χ0v) is 56.2. The van der Waals surface area contributed by atoms with Gasteiger partial charge in [-0.25, -0.2) is 44.8 Å². The van der Waals surface area contributed by atoms with Gasteiger partial charge in [-0.1, -0.05) is 44.5 Å². The molecule has 0 spiro atoms. The van der Waals surface area contributed by atoms with Crippen LogP contribution >= 0.6 is 0 Å². The molecule has 0 aliphatic carbocycles. The van der Waals surface area contributed by atoms with Crippen molar-refractivity contribution in [2.45, 2.75) is 81.7 Å². The lowest BCUT2D eigenvalue weighted by atomic mass is 9.92. The maximum Gasteiger partial charge on any atom is 0.137 e. The number of nitrogens with zero attached hydrogens (tertiary/aromatic N) is 15. The highest BCUT2D eigenvalue weighted by Gasteiger charge is 2.40. The molecule has 4 aliphatic heterocycles. The number of nitrogens with one attached hydrogen (secondary N) is 1. The van der Waals surface area contributed by atoms with Gasteiger partial charge in [-0.2, -0.15) is 20.4 Å². The predicted molar refractivity (Wildman–Crippen MR) is 355 cm³/mol. The lowest BCUT2D eigenvalue weighted by Gasteiger charge is -2.39. The number of hydrogen-bond donors (Lipinski definition) is 5. The standard InChI is InChI=1S/C18H25F2N5O.2C18H24F2N4O.C16H19F2N3O2/c19-15-4-5-16(17(20)10-15)18(26,12-25-14-22-13-23-25)11-21-6-9-24-7-2-1-3-8-24;2*1-2-22-8-10-23(11-9-22)13-18(25,14-24-7-3-6-21-24)16-5-4-15(19)12-17(16)20;17-13-2-3-14(15(18)10-13)16(22,12-21-5-1-4-19-21)11-20-6-8-23-9-7-20/h4-5,10,13-14,21,26H,1-3,6-9,11-12H2;2*3-7,12,25H,2,8-11,13-14H2,1H3;1-5,10,22H,6-9,11-12H2. The minimum atomic E-state index is -1.56. The molecule has 8 heterocycles. The summed E-state index contributed by atoms with van der Waals surface area (Å²) in [6, 6.07) is 18.4. The number of aromatic nitrogens is 9. The summed E-state index contributed by atoms with van der Waals surface area (Å²) in [5.41, 5.74) is -5.74. The number of aliphatic hydroxyl groups is 4. The van der Waals surface area contributed by atoms with Crippen LogP contribution in [0.3, 0.4) is 0 Å². The van der Waals surface area contributed by atoms with E-state index in [0.717, 1.165) is 121 Å². The molecule has 0 bridgehead atoms. The van der Waals surface area contributed by atoms with Crippen LogP contribution in [0.1, 0.15) is 55.4 Å². The molecule has 0 saturated carbocycles. The number of ether oxygens (including phenoxy) is 1. The Morgan fingerprint density at radius 2 is 0.758 bits per heavy atom. The first-order valence-electron chi connectivity index (χ1n) is 33.7. The molecule has 12 rings (SSSR count). The van der Waals surface area contributed by atoms with E-state index in [4.69, 9.17) is 4.74 Å². The predicted octanol–water partition coefficient (Wildman–Crippen LogP) is 6.27. The molecule has 4 fully saturated rings. The average molecular weight is 1390 g/mol. The molecule has 4 atom stereocenters. The SMILES string of the molecule is CCN1CCN(CC(O)(Cn2cccn2)c2ccc(F)cc2F)CC1.CCN1CCN(CC(O)(Cn2cccn2)c2ccc(F)cc2F)CC1.OC(CN1CCOCC1)(Cn1cccn1)c1ccc(F)cc1F.OC(CNCCN1CCCCC1)(Cn1cncn1)c1ccc(F)cc1F. The fourth-order valence-electron chi connectivity index (χ4n) is 13.0. The zero-order valence-electron chi connectivity index (χ0n) is 56.2. The molecule has 538 valence electrons. The number of benzene rings is 4. The largest absolute Gasteiger partial charge is 0.382 e. The Morgan fingerprint density at radius 3 is 1.09 bits per heavy atom. The maximum atomic E-state index is 14.4. The van der Waals surface area contributed by atoms with E-state index in [9.17, 15) is 55.5 Å². The van der Waals surface area contributed by atoms with Gasteiger partial charge in [0, 0.05) is 188 Å². The van der Waals surface area contributed by atoms with Gasteiger partial charge in [-0.15, -0.1) is 0 Å². The Morgan fingerprint density at radius 1 is 0.404 bits per heavy atom. The molecule has 29 heteroatoms. The average Bonchev–Trinajstić information content (AvgIpc) is 1.82. The third-order valence-electron chi connectivity index (χ3n) is 18.4. The van der Waals surface area contributed by atoms with Crippen LogP contribution in [-0.4, -0.2) is 238 Å². The lowest BCUT2D eigenvalue weighted by molar-refractivity contribution is -0.0484. The van der Waals surface area contributed by atoms with Crippen molar-refractivity contribution in [1.82, 2.24) is 78.8 Å². The molecule has 4 aromatic carbocycles. The van der Waals surface area contributed by atoms with Crippen LogP contribution in [-0.2, 0) is 53.3 Å². The van der Waals surface area contributed by atoms with Crippen LogP contribution in [0.25, 0.3) is 0 Å². The summed E-state index contributed by atoms with van der Waals surface area (Å²) >= 11 is 0. The highest BCUT2D eigenvalue weighted by atomic mass is 19.2. The van der Waals surface area contributed by atoms with Crippen LogP contribution in [0.2, 0.25) is 0 Å². The van der Waals surface area contributed by atoms with Crippen molar-refractivity contribution in [1.29, 1.82) is 0 Å². The van der Waals surface area contributed by atoms with Gasteiger partial charge >= 0.3 is 0 Å². The first-order valence-corrected chi connectivity index (χ1v) is 33.7. The second-order valence-electron chi connectivity index (χ2n) is 25.7. The van der Waals surface area contributed by atoms with Crippen molar-refractivity contribution in [3.8, 4) is 0 Å². The second kappa shape index (κ2) is 36.3. The highest BCUT2D eigenvalue weighted by molar-refractivity contribution is 5.29. The van der Waals surface area contributed by atoms with Crippen LogP contribution in [0.15, 0.2) is 141 Å². The van der Waals surface area contributed by atoms with E-state index in [2.05, 4.69) is 69.0 Å². The number of β-amino-alcohol motifs (C(OH)–C–C–N with tert-alkyl or cyclic N) is 3. The third kappa shape index (κ3) is 22.1. The molecular formula is C70H92F8N16O5. The molecule has 8 aromatic rings. The number of halogens is 8. The molecule has 0 amide bonds. The second-order valence-corrected chi connectivity index (χ2v) is 25.7. The van der Waals surface area contributed by atoms with Gasteiger partial charge in [0.2, 0.25) is 0 Å². The topological polar surface area (TPSA) is 206 Å². The monoisotopic (exact) mass is 1390 g/mol. The molecule has 4 unspecified atom stereocenters. The van der Waals surface area contributed by atoms with E-state index in [0.29, 0.717) is 32.8 Å². The van der Waals surface area contributed by atoms with Gasteiger partial charge in [-0.3, -0.25) is 28.7 Å². The van der Waals surface area contributed by atoms with E-state index in [1.54, 1.807) is 69.4 Å². The molecule has 5 N–H and O–H groups in total. The number of hydrogen-bond acceptors (Lipinski definition) is 17. The molecule has 21 nitrogen and oxygen atoms in total. The summed E-state index contributed by atoms with van der Waals surface area (Å²) < 4.78 is 122. The van der Waals surface area contributed by atoms with Gasteiger partial charge in [0.05, 0.1) is 39.4 Å². The number of piperidine rings is 1.